The molecule has 1 aliphatic heterocycles. The van der Waals surface area contributed by atoms with Crippen LogP contribution in [0, 0.1) is 0 Å². The fraction of sp³-hybridized carbons (Fsp3) is 0.286. The lowest BCUT2D eigenvalue weighted by Gasteiger charge is -2.22. The van der Waals surface area contributed by atoms with Crippen LogP contribution in [0.3, 0.4) is 0 Å². The van der Waals surface area contributed by atoms with Crippen molar-refractivity contribution < 1.29 is 18.9 Å². The van der Waals surface area contributed by atoms with Gasteiger partial charge in [0.25, 0.3) is 0 Å². The smallest absolute Gasteiger partial charge is 0.493 e. The van der Waals surface area contributed by atoms with Crippen molar-refractivity contribution in [1.82, 2.24) is 9.47 Å². The third-order valence-electron chi connectivity index (χ3n) is 3.51. The maximum Gasteiger partial charge on any atom is 0.654 e. The molecular weight excluding hydrogens is 271 g/mol. The molecule has 1 fully saturated rings. The Hall–Kier alpha value is -2.28. The van der Waals surface area contributed by atoms with E-state index in [0.717, 1.165) is 10.9 Å². The summed E-state index contributed by atoms with van der Waals surface area (Å²) in [6, 6.07) is 9.64. The molecule has 0 N–H and O–H groups in total. The van der Waals surface area contributed by atoms with Crippen molar-refractivity contribution in [2.75, 3.05) is 20.1 Å². The molecular formula is C14H15BN2O4. The Bertz CT molecular complexity index is 692. The normalized spacial score (nSPS) is 17.3. The summed E-state index contributed by atoms with van der Waals surface area (Å²) in [7, 11) is 2.51. The van der Waals surface area contributed by atoms with Crippen LogP contribution in [0.2, 0.25) is 0 Å². The highest BCUT2D eigenvalue weighted by atomic mass is 16.6. The van der Waals surface area contributed by atoms with Gasteiger partial charge in [-0.05, 0) is 24.6 Å². The summed E-state index contributed by atoms with van der Waals surface area (Å²) >= 11 is 0. The molecule has 0 aliphatic carbocycles. The fourth-order valence-corrected chi connectivity index (χ4v) is 2.49. The molecule has 0 amide bonds. The molecule has 108 valence electrons. The van der Waals surface area contributed by atoms with Crippen molar-refractivity contribution in [2.24, 2.45) is 7.05 Å². The Balaban J connectivity index is 1.98. The van der Waals surface area contributed by atoms with Gasteiger partial charge in [0.2, 0.25) is 0 Å². The third kappa shape index (κ3) is 2.64. The van der Waals surface area contributed by atoms with E-state index >= 15 is 0 Å². The van der Waals surface area contributed by atoms with E-state index in [9.17, 15) is 9.59 Å². The van der Waals surface area contributed by atoms with Crippen LogP contribution in [0.25, 0.3) is 10.9 Å². The summed E-state index contributed by atoms with van der Waals surface area (Å²) < 4.78 is 12.4. The second kappa shape index (κ2) is 5.25. The number of rotatable bonds is 1. The summed E-state index contributed by atoms with van der Waals surface area (Å²) in [4.78, 5) is 25.2. The third-order valence-corrected chi connectivity index (χ3v) is 3.51. The first-order chi connectivity index (χ1) is 10.0. The molecule has 2 heterocycles. The van der Waals surface area contributed by atoms with Crippen molar-refractivity contribution in [3.8, 4) is 0 Å². The lowest BCUT2D eigenvalue weighted by atomic mass is 9.83. The molecule has 0 radical (unpaired) electrons. The lowest BCUT2D eigenvalue weighted by Crippen LogP contribution is -2.49. The van der Waals surface area contributed by atoms with Gasteiger partial charge in [0.15, 0.2) is 0 Å². The predicted molar refractivity (Wildman–Crippen MR) is 78.0 cm³/mol. The van der Waals surface area contributed by atoms with Gasteiger partial charge in [0, 0.05) is 12.6 Å². The zero-order valence-electron chi connectivity index (χ0n) is 11.9. The number of benzene rings is 1. The van der Waals surface area contributed by atoms with E-state index in [1.807, 2.05) is 41.9 Å². The molecule has 21 heavy (non-hydrogen) atoms. The van der Waals surface area contributed by atoms with Crippen LogP contribution in [0.1, 0.15) is 0 Å². The summed E-state index contributed by atoms with van der Waals surface area (Å²) in [5, 5.41) is 1.00. The number of carbonyl (C=O) groups excluding carboxylic acids is 2. The molecule has 1 saturated heterocycles. The number of carbonyl (C=O) groups is 2. The maximum atomic E-state index is 11.8. The van der Waals surface area contributed by atoms with E-state index in [1.54, 1.807) is 11.9 Å². The van der Waals surface area contributed by atoms with Crippen LogP contribution < -0.4 is 5.59 Å². The van der Waals surface area contributed by atoms with Crippen LogP contribution in [0.15, 0.2) is 30.3 Å². The zero-order chi connectivity index (χ0) is 15.0. The van der Waals surface area contributed by atoms with E-state index in [2.05, 4.69) is 0 Å². The highest BCUT2D eigenvalue weighted by Gasteiger charge is 2.36. The number of aromatic nitrogens is 1. The molecule has 0 spiro atoms. The van der Waals surface area contributed by atoms with Crippen molar-refractivity contribution in [1.29, 1.82) is 0 Å². The first kappa shape index (κ1) is 13.7. The molecule has 6 nitrogen and oxygen atoms in total. The van der Waals surface area contributed by atoms with E-state index < -0.39 is 19.1 Å². The van der Waals surface area contributed by atoms with Crippen LogP contribution in [-0.4, -0.2) is 48.7 Å². The number of fused-ring (bicyclic) bond motifs is 1. The summed E-state index contributed by atoms with van der Waals surface area (Å²) in [5.41, 5.74) is 1.63. The minimum absolute atomic E-state index is 0.0650. The molecule has 2 aromatic rings. The Labute approximate surface area is 122 Å². The van der Waals surface area contributed by atoms with Gasteiger partial charge in [-0.25, -0.2) is 0 Å². The Morgan fingerprint density at radius 3 is 2.29 bits per heavy atom. The first-order valence-corrected chi connectivity index (χ1v) is 6.66. The van der Waals surface area contributed by atoms with Gasteiger partial charge in [-0.15, -0.1) is 0 Å². The second-order valence-electron chi connectivity index (χ2n) is 5.17. The van der Waals surface area contributed by atoms with Crippen LogP contribution in [0.4, 0.5) is 0 Å². The molecule has 1 aromatic heterocycles. The summed E-state index contributed by atoms with van der Waals surface area (Å²) in [6.07, 6.45) is 0. The monoisotopic (exact) mass is 286 g/mol. The molecule has 0 bridgehead atoms. The Kier molecular flexibility index (Phi) is 3.43. The molecule has 0 atom stereocenters. The van der Waals surface area contributed by atoms with Crippen molar-refractivity contribution in [3.05, 3.63) is 30.3 Å². The van der Waals surface area contributed by atoms with E-state index in [1.165, 1.54) is 0 Å². The van der Waals surface area contributed by atoms with E-state index in [4.69, 9.17) is 9.31 Å². The van der Waals surface area contributed by atoms with Gasteiger partial charge >= 0.3 is 19.1 Å². The molecule has 0 unspecified atom stereocenters. The number of nitrogens with zero attached hydrogens (tertiary/aromatic N) is 2. The van der Waals surface area contributed by atoms with Crippen molar-refractivity contribution in [2.45, 2.75) is 0 Å². The van der Waals surface area contributed by atoms with Crippen LogP contribution in [-0.2, 0) is 25.9 Å². The van der Waals surface area contributed by atoms with Crippen molar-refractivity contribution >= 4 is 35.6 Å². The molecule has 0 saturated carbocycles. The van der Waals surface area contributed by atoms with E-state index in [-0.39, 0.29) is 13.1 Å². The van der Waals surface area contributed by atoms with Gasteiger partial charge in [-0.3, -0.25) is 14.5 Å². The number of para-hydroxylation sites is 1. The number of hydrogen-bond acceptors (Lipinski definition) is 5. The largest absolute Gasteiger partial charge is 0.654 e. The van der Waals surface area contributed by atoms with Gasteiger partial charge in [0.05, 0.1) is 18.7 Å². The van der Waals surface area contributed by atoms with Crippen LogP contribution >= 0.6 is 0 Å². The van der Waals surface area contributed by atoms with Gasteiger partial charge in [-0.1, -0.05) is 18.2 Å². The minimum Gasteiger partial charge on any atom is -0.493 e. The maximum absolute atomic E-state index is 11.8. The van der Waals surface area contributed by atoms with E-state index in [0.29, 0.717) is 5.59 Å². The fourth-order valence-electron chi connectivity index (χ4n) is 2.49. The number of aryl methyl sites for hydroxylation is 1. The zero-order valence-corrected chi connectivity index (χ0v) is 11.9. The predicted octanol–water partition coefficient (Wildman–Crippen LogP) is -0.0947. The summed E-state index contributed by atoms with van der Waals surface area (Å²) in [6.45, 7) is 0.130. The van der Waals surface area contributed by atoms with Gasteiger partial charge in [0.1, 0.15) is 0 Å². The highest BCUT2D eigenvalue weighted by Crippen LogP contribution is 2.14. The lowest BCUT2D eigenvalue weighted by molar-refractivity contribution is -0.145. The van der Waals surface area contributed by atoms with Crippen LogP contribution in [0.5, 0.6) is 0 Å². The summed E-state index contributed by atoms with van der Waals surface area (Å²) in [5.74, 6) is -0.833. The van der Waals surface area contributed by atoms with Crippen molar-refractivity contribution in [3.63, 3.8) is 0 Å². The minimum atomic E-state index is -1.00. The topological polar surface area (TPSA) is 60.8 Å². The standard InChI is InChI=1S/C14H15BN2O4/c1-16-8-13(18)20-15(21-14(19)9-16)12-7-10-5-3-4-6-11(10)17(12)2/h3-7H,8-9H2,1-2H3. The average Bonchev–Trinajstić information content (AvgIpc) is 2.74. The Morgan fingerprint density at radius 2 is 1.67 bits per heavy atom. The average molecular weight is 286 g/mol. The molecule has 1 aromatic carbocycles. The SMILES string of the molecule is CN1CC(=O)OB(c2cc3ccccc3n2C)OC(=O)C1. The number of hydrogen-bond donors (Lipinski definition) is 0. The highest BCUT2D eigenvalue weighted by molar-refractivity contribution is 6.64. The quantitative estimate of drug-likeness (QED) is 0.685. The second-order valence-corrected chi connectivity index (χ2v) is 5.17. The number of likely N-dealkylation sites (N-methyl/N-ethyl adjacent to an activating group) is 1. The van der Waals surface area contributed by atoms with Gasteiger partial charge in [-0.2, -0.15) is 0 Å². The molecule has 1 aliphatic rings. The first-order valence-electron chi connectivity index (χ1n) is 6.66. The molecule has 7 heteroatoms. The van der Waals surface area contributed by atoms with Gasteiger partial charge < -0.3 is 13.9 Å². The Morgan fingerprint density at radius 1 is 1.05 bits per heavy atom. The molecule has 3 rings (SSSR count).